The molecular formula is C20H15N3O2S. The molecule has 128 valence electrons. The monoisotopic (exact) mass is 361 g/mol. The van der Waals surface area contributed by atoms with E-state index in [9.17, 15) is 9.59 Å². The summed E-state index contributed by atoms with van der Waals surface area (Å²) in [6.07, 6.45) is 0.672. The topological polar surface area (TPSA) is 74.8 Å². The Hall–Kier alpha value is -3.25. The zero-order valence-electron chi connectivity index (χ0n) is 13.9. The van der Waals surface area contributed by atoms with E-state index in [0.717, 1.165) is 20.8 Å². The van der Waals surface area contributed by atoms with Crippen LogP contribution in [0.4, 0.5) is 5.69 Å². The van der Waals surface area contributed by atoms with Crippen molar-refractivity contribution in [3.8, 4) is 10.6 Å². The van der Waals surface area contributed by atoms with Gasteiger partial charge in [-0.15, -0.1) is 11.3 Å². The minimum atomic E-state index is -0.290. The van der Waals surface area contributed by atoms with Gasteiger partial charge in [0.25, 0.3) is 5.91 Å². The van der Waals surface area contributed by atoms with Crippen LogP contribution in [0.25, 0.3) is 20.8 Å². The smallest absolute Gasteiger partial charge is 0.272 e. The number of fused-ring (bicyclic) bond motifs is 1. The van der Waals surface area contributed by atoms with Crippen molar-refractivity contribution < 1.29 is 9.59 Å². The Balaban J connectivity index is 1.53. The molecule has 0 aliphatic rings. The standard InChI is InChI=1S/C20H15N3O2S/c1-12-2-8-16-18(10-12)26-20(23-16)13-3-5-14(6-4-13)22-19(25)17-9-7-15(11-24)21-17/h2-11,21H,1H3,(H,22,25). The van der Waals surface area contributed by atoms with Crippen molar-refractivity contribution in [1.29, 1.82) is 0 Å². The number of nitrogens with zero attached hydrogens (tertiary/aromatic N) is 1. The van der Waals surface area contributed by atoms with E-state index in [1.165, 1.54) is 5.56 Å². The van der Waals surface area contributed by atoms with Crippen molar-refractivity contribution in [2.75, 3.05) is 5.32 Å². The summed E-state index contributed by atoms with van der Waals surface area (Å²) < 4.78 is 1.16. The summed E-state index contributed by atoms with van der Waals surface area (Å²) in [6, 6.07) is 16.9. The second kappa shape index (κ2) is 6.57. The molecule has 4 aromatic rings. The van der Waals surface area contributed by atoms with E-state index in [2.05, 4.69) is 34.3 Å². The summed E-state index contributed by atoms with van der Waals surface area (Å²) in [4.78, 5) is 30.3. The lowest BCUT2D eigenvalue weighted by Crippen LogP contribution is -2.12. The number of aldehydes is 1. The Morgan fingerprint density at radius 1 is 1.12 bits per heavy atom. The van der Waals surface area contributed by atoms with Gasteiger partial charge in [-0.05, 0) is 61.0 Å². The number of thiazole rings is 1. The van der Waals surface area contributed by atoms with Gasteiger partial charge in [0, 0.05) is 11.3 Å². The van der Waals surface area contributed by atoms with Gasteiger partial charge in [0.15, 0.2) is 6.29 Å². The van der Waals surface area contributed by atoms with Crippen molar-refractivity contribution in [2.45, 2.75) is 6.92 Å². The molecule has 0 fully saturated rings. The maximum Gasteiger partial charge on any atom is 0.272 e. The fraction of sp³-hybridized carbons (Fsp3) is 0.0500. The predicted octanol–water partition coefficient (Wildman–Crippen LogP) is 4.66. The summed E-state index contributed by atoms with van der Waals surface area (Å²) in [7, 11) is 0. The first-order valence-electron chi connectivity index (χ1n) is 8.05. The summed E-state index contributed by atoms with van der Waals surface area (Å²) in [6.45, 7) is 2.07. The van der Waals surface area contributed by atoms with Crippen molar-refractivity contribution >= 4 is 39.4 Å². The molecule has 0 aliphatic carbocycles. The Kier molecular flexibility index (Phi) is 4.10. The van der Waals surface area contributed by atoms with Gasteiger partial charge < -0.3 is 10.3 Å². The van der Waals surface area contributed by atoms with Gasteiger partial charge in [-0.2, -0.15) is 0 Å². The number of rotatable bonds is 4. The minimum absolute atomic E-state index is 0.290. The van der Waals surface area contributed by atoms with E-state index in [0.29, 0.717) is 23.4 Å². The maximum atomic E-state index is 12.2. The Morgan fingerprint density at radius 2 is 1.92 bits per heavy atom. The van der Waals surface area contributed by atoms with Gasteiger partial charge in [-0.3, -0.25) is 9.59 Å². The zero-order valence-corrected chi connectivity index (χ0v) is 14.8. The molecule has 6 heteroatoms. The van der Waals surface area contributed by atoms with Crippen LogP contribution in [0, 0.1) is 6.92 Å². The summed E-state index contributed by atoms with van der Waals surface area (Å²) in [5.41, 5.74) is 4.61. The fourth-order valence-electron chi connectivity index (χ4n) is 2.66. The molecule has 5 nitrogen and oxygen atoms in total. The molecule has 2 aromatic carbocycles. The van der Waals surface area contributed by atoms with Crippen LogP contribution in [0.1, 0.15) is 26.5 Å². The average molecular weight is 361 g/mol. The van der Waals surface area contributed by atoms with E-state index in [4.69, 9.17) is 0 Å². The third-order valence-electron chi connectivity index (χ3n) is 4.01. The lowest BCUT2D eigenvalue weighted by Gasteiger charge is -2.04. The van der Waals surface area contributed by atoms with E-state index < -0.39 is 0 Å². The molecule has 0 unspecified atom stereocenters. The second-order valence-corrected chi connectivity index (χ2v) is 7.00. The number of nitrogens with one attached hydrogen (secondary N) is 2. The number of anilines is 1. The molecule has 0 aliphatic heterocycles. The lowest BCUT2D eigenvalue weighted by atomic mass is 10.2. The van der Waals surface area contributed by atoms with Gasteiger partial charge in [0.1, 0.15) is 10.7 Å². The number of aromatic amines is 1. The lowest BCUT2D eigenvalue weighted by molar-refractivity contribution is 0.102. The van der Waals surface area contributed by atoms with E-state index >= 15 is 0 Å². The van der Waals surface area contributed by atoms with Crippen LogP contribution in [0.2, 0.25) is 0 Å². The first kappa shape index (κ1) is 16.2. The third kappa shape index (κ3) is 3.14. The van der Waals surface area contributed by atoms with Gasteiger partial charge >= 0.3 is 0 Å². The molecule has 0 atom stereocenters. The third-order valence-corrected chi connectivity index (χ3v) is 5.08. The molecule has 0 saturated heterocycles. The van der Waals surface area contributed by atoms with Crippen LogP contribution in [0.15, 0.2) is 54.6 Å². The number of carbonyl (C=O) groups excluding carboxylic acids is 2. The first-order chi connectivity index (χ1) is 12.6. The van der Waals surface area contributed by atoms with Crippen LogP contribution in [0.3, 0.4) is 0 Å². The van der Waals surface area contributed by atoms with Gasteiger partial charge in [-0.25, -0.2) is 4.98 Å². The number of hydrogen-bond acceptors (Lipinski definition) is 4. The fourth-order valence-corrected chi connectivity index (χ4v) is 3.73. The molecule has 2 N–H and O–H groups in total. The molecule has 0 spiro atoms. The highest BCUT2D eigenvalue weighted by atomic mass is 32.1. The van der Waals surface area contributed by atoms with E-state index in [1.807, 2.05) is 30.3 Å². The van der Waals surface area contributed by atoms with Crippen molar-refractivity contribution in [3.05, 3.63) is 71.5 Å². The molecule has 2 aromatic heterocycles. The SMILES string of the molecule is Cc1ccc2nc(-c3ccc(NC(=O)c4ccc(C=O)[nH]4)cc3)sc2c1. The number of H-pyrrole nitrogens is 1. The number of benzene rings is 2. The molecule has 0 radical (unpaired) electrons. The summed E-state index contributed by atoms with van der Waals surface area (Å²) in [5.74, 6) is -0.290. The quantitative estimate of drug-likeness (QED) is 0.519. The number of aryl methyl sites for hydroxylation is 1. The average Bonchev–Trinajstić information content (AvgIpc) is 3.28. The Bertz CT molecular complexity index is 1110. The number of hydrogen-bond donors (Lipinski definition) is 2. The van der Waals surface area contributed by atoms with Gasteiger partial charge in [0.05, 0.1) is 15.9 Å². The molecule has 0 saturated carbocycles. The maximum absolute atomic E-state index is 12.2. The molecule has 4 rings (SSSR count). The first-order valence-corrected chi connectivity index (χ1v) is 8.87. The van der Waals surface area contributed by atoms with Crippen LogP contribution < -0.4 is 5.32 Å². The van der Waals surface area contributed by atoms with Crippen molar-refractivity contribution in [3.63, 3.8) is 0 Å². The highest BCUT2D eigenvalue weighted by molar-refractivity contribution is 7.21. The number of aromatic nitrogens is 2. The normalized spacial score (nSPS) is 10.8. The summed E-state index contributed by atoms with van der Waals surface area (Å²) >= 11 is 1.65. The molecular weight excluding hydrogens is 346 g/mol. The zero-order chi connectivity index (χ0) is 18.1. The Morgan fingerprint density at radius 3 is 2.65 bits per heavy atom. The number of carbonyl (C=O) groups is 2. The molecule has 2 heterocycles. The van der Waals surface area contributed by atoms with E-state index in [1.54, 1.807) is 23.5 Å². The highest BCUT2D eigenvalue weighted by Gasteiger charge is 2.10. The number of amides is 1. The summed E-state index contributed by atoms with van der Waals surface area (Å²) in [5, 5.41) is 3.75. The van der Waals surface area contributed by atoms with Crippen LogP contribution in [-0.2, 0) is 0 Å². The largest absolute Gasteiger partial charge is 0.348 e. The van der Waals surface area contributed by atoms with E-state index in [-0.39, 0.29) is 5.91 Å². The Labute approximate surface area is 153 Å². The van der Waals surface area contributed by atoms with Crippen LogP contribution in [-0.4, -0.2) is 22.2 Å². The van der Waals surface area contributed by atoms with Crippen LogP contribution >= 0.6 is 11.3 Å². The highest BCUT2D eigenvalue weighted by Crippen LogP contribution is 2.31. The molecule has 1 amide bonds. The minimum Gasteiger partial charge on any atom is -0.348 e. The predicted molar refractivity (Wildman–Crippen MR) is 104 cm³/mol. The van der Waals surface area contributed by atoms with Gasteiger partial charge in [0.2, 0.25) is 0 Å². The van der Waals surface area contributed by atoms with Crippen molar-refractivity contribution in [1.82, 2.24) is 9.97 Å². The van der Waals surface area contributed by atoms with Crippen molar-refractivity contribution in [2.24, 2.45) is 0 Å². The molecule has 0 bridgehead atoms. The van der Waals surface area contributed by atoms with Gasteiger partial charge in [-0.1, -0.05) is 6.07 Å². The van der Waals surface area contributed by atoms with Crippen LogP contribution in [0.5, 0.6) is 0 Å². The molecule has 26 heavy (non-hydrogen) atoms. The second-order valence-electron chi connectivity index (χ2n) is 5.97.